The number of aromatic amines is 1. The molecule has 0 spiro atoms. The van der Waals surface area contributed by atoms with Gasteiger partial charge in [0.15, 0.2) is 0 Å². The van der Waals surface area contributed by atoms with E-state index in [-0.39, 0.29) is 17.1 Å². The maximum Gasteiger partial charge on any atom is 0.269 e. The van der Waals surface area contributed by atoms with E-state index in [0.29, 0.717) is 0 Å². The van der Waals surface area contributed by atoms with Gasteiger partial charge in [-0.05, 0) is 56.8 Å². The lowest BCUT2D eigenvalue weighted by Crippen LogP contribution is -1.87. The second-order valence-corrected chi connectivity index (χ2v) is 7.22. The van der Waals surface area contributed by atoms with Gasteiger partial charge in [0.2, 0.25) is 0 Å². The molecular weight excluding hydrogens is 548 g/mol. The Balaban J connectivity index is 0. The lowest BCUT2D eigenvalue weighted by Gasteiger charge is -1.95. The average Bonchev–Trinajstić information content (AvgIpc) is 3.57. The number of nitrogens with one attached hydrogen (secondary N) is 1. The van der Waals surface area contributed by atoms with Crippen LogP contribution in [0, 0.1) is 37.3 Å². The molecule has 1 aromatic heterocycles. The molecule has 0 atom stereocenters. The van der Waals surface area contributed by atoms with Gasteiger partial charge in [0.1, 0.15) is 13.6 Å². The number of non-ortho nitro benzene ring substituents is 3. The van der Waals surface area contributed by atoms with Gasteiger partial charge in [0, 0.05) is 48.2 Å². The number of aromatic nitrogens is 2. The first kappa shape index (κ1) is 38.3. The van der Waals surface area contributed by atoms with E-state index in [2.05, 4.69) is 15.9 Å². The molecule has 0 amide bonds. The first-order chi connectivity index (χ1) is 20.2. The fraction of sp³-hybridized carbons (Fsp3) is 0.107. The minimum Gasteiger partial charge on any atom is -0.333 e. The number of aryl methyl sites for hydroxylation is 1. The van der Waals surface area contributed by atoms with E-state index >= 15 is 0 Å². The summed E-state index contributed by atoms with van der Waals surface area (Å²) >= 11 is 0. The summed E-state index contributed by atoms with van der Waals surface area (Å²) < 4.78 is 0. The van der Waals surface area contributed by atoms with Crippen molar-refractivity contribution in [2.45, 2.75) is 13.8 Å². The summed E-state index contributed by atoms with van der Waals surface area (Å²) in [7, 11) is 1.50. The van der Waals surface area contributed by atoms with E-state index in [4.69, 9.17) is 9.59 Å². The van der Waals surface area contributed by atoms with Crippen molar-refractivity contribution in [3.8, 4) is 11.3 Å². The quantitative estimate of drug-likeness (QED) is 0.216. The first-order valence-electron chi connectivity index (χ1n) is 11.7. The molecule has 0 saturated heterocycles. The Kier molecular flexibility index (Phi) is 21.0. The maximum atomic E-state index is 10.4. The summed E-state index contributed by atoms with van der Waals surface area (Å²) in [6.45, 7) is 7.80. The fourth-order valence-corrected chi connectivity index (χ4v) is 2.75. The summed E-state index contributed by atoms with van der Waals surface area (Å²) in [4.78, 5) is 45.5. The summed E-state index contributed by atoms with van der Waals surface area (Å²) in [6.07, 6.45) is 5.42. The number of allylic oxidation sites excluding steroid dienone is 1. The molecule has 4 aromatic rings. The van der Waals surface area contributed by atoms with Crippen LogP contribution in [0.25, 0.3) is 17.3 Å². The van der Waals surface area contributed by atoms with Gasteiger partial charge in [-0.25, -0.2) is 0 Å². The first-order valence-corrected chi connectivity index (χ1v) is 11.7. The third kappa shape index (κ3) is 14.9. The summed E-state index contributed by atoms with van der Waals surface area (Å²) in [6, 6.07) is 21.0. The molecule has 3 N–H and O–H groups in total. The standard InChI is InChI=1S/C9H7N3O2.C9H9NO2.C7H7NO2.CH5N.2CH2O/c13-12(14)8-3-1-7(2-4-8)9-5-6-10-11-9;1-2-3-8-4-6-9(7-5-8)10(11)12;1-6-2-4-7(5-3-6)8(9)10;3*1-2/h1-6H,(H,10,11);2-7H,1H3;2-5H,1H3;2H2,1H3;2*1H2/b;3-2+;;;;. The second-order valence-electron chi connectivity index (χ2n) is 7.22. The maximum absolute atomic E-state index is 10.4. The van der Waals surface area contributed by atoms with Crippen LogP contribution in [0.5, 0.6) is 0 Å². The van der Waals surface area contributed by atoms with Gasteiger partial charge in [-0.3, -0.25) is 35.4 Å². The molecule has 14 heteroatoms. The van der Waals surface area contributed by atoms with Crippen LogP contribution in [0.2, 0.25) is 0 Å². The molecule has 14 nitrogen and oxygen atoms in total. The van der Waals surface area contributed by atoms with E-state index in [1.54, 1.807) is 48.7 Å². The van der Waals surface area contributed by atoms with E-state index < -0.39 is 14.8 Å². The fourth-order valence-electron chi connectivity index (χ4n) is 2.75. The number of nitrogens with two attached hydrogens (primary N) is 1. The molecule has 222 valence electrons. The largest absolute Gasteiger partial charge is 0.333 e. The minimum absolute atomic E-state index is 0.0910. The van der Waals surface area contributed by atoms with Crippen LogP contribution in [0.15, 0.2) is 91.1 Å². The van der Waals surface area contributed by atoms with Crippen molar-refractivity contribution in [3.63, 3.8) is 0 Å². The zero-order valence-electron chi connectivity index (χ0n) is 23.3. The van der Waals surface area contributed by atoms with Crippen molar-refractivity contribution in [2.75, 3.05) is 7.05 Å². The predicted molar refractivity (Wildman–Crippen MR) is 161 cm³/mol. The van der Waals surface area contributed by atoms with Gasteiger partial charge in [-0.1, -0.05) is 29.8 Å². The Morgan fingerprint density at radius 1 is 0.690 bits per heavy atom. The lowest BCUT2D eigenvalue weighted by molar-refractivity contribution is -0.385. The van der Waals surface area contributed by atoms with E-state index in [0.717, 1.165) is 22.4 Å². The molecule has 0 fully saturated rings. The minimum atomic E-state index is -0.420. The Morgan fingerprint density at radius 3 is 1.40 bits per heavy atom. The summed E-state index contributed by atoms with van der Waals surface area (Å²) in [5, 5.41) is 37.3. The van der Waals surface area contributed by atoms with E-state index in [1.165, 1.54) is 43.4 Å². The number of rotatable bonds is 5. The second kappa shape index (κ2) is 23.0. The SMILES string of the molecule is C/C=C/c1ccc([N+](=O)[O-])cc1.C=O.C=O.CN.Cc1ccc([N+](=O)[O-])cc1.O=[N+]([O-])c1ccc(-c2ccn[nH]2)cc1. The highest BCUT2D eigenvalue weighted by Crippen LogP contribution is 2.19. The van der Waals surface area contributed by atoms with Crippen molar-refractivity contribution in [1.29, 1.82) is 0 Å². The normalized spacial score (nSPS) is 8.86. The molecule has 0 aliphatic carbocycles. The summed E-state index contributed by atoms with van der Waals surface area (Å²) in [5.74, 6) is 0. The lowest BCUT2D eigenvalue weighted by atomic mass is 10.1. The van der Waals surface area contributed by atoms with E-state index in [9.17, 15) is 30.3 Å². The molecule has 3 aromatic carbocycles. The van der Waals surface area contributed by atoms with Gasteiger partial charge in [0.05, 0.1) is 20.5 Å². The number of hydrogen-bond donors (Lipinski definition) is 2. The third-order valence-electron chi connectivity index (χ3n) is 4.60. The van der Waals surface area contributed by atoms with Gasteiger partial charge in [0.25, 0.3) is 17.1 Å². The molecule has 42 heavy (non-hydrogen) atoms. The number of H-pyrrole nitrogens is 1. The molecule has 0 unspecified atom stereocenters. The molecule has 0 radical (unpaired) electrons. The highest BCUT2D eigenvalue weighted by Gasteiger charge is 2.05. The zero-order chi connectivity index (χ0) is 32.5. The van der Waals surface area contributed by atoms with Crippen LogP contribution in [-0.4, -0.2) is 45.6 Å². The van der Waals surface area contributed by atoms with Crippen molar-refractivity contribution in [3.05, 3.63) is 133 Å². The van der Waals surface area contributed by atoms with Crippen molar-refractivity contribution in [1.82, 2.24) is 10.2 Å². The molecule has 0 bridgehead atoms. The van der Waals surface area contributed by atoms with Crippen molar-refractivity contribution >= 4 is 36.7 Å². The van der Waals surface area contributed by atoms with Crippen LogP contribution in [-0.2, 0) is 9.59 Å². The Bertz CT molecular complexity index is 1340. The van der Waals surface area contributed by atoms with Crippen LogP contribution in [0.3, 0.4) is 0 Å². The predicted octanol–water partition coefficient (Wildman–Crippen LogP) is 5.72. The topological polar surface area (TPSA) is 218 Å². The average molecular weight is 581 g/mol. The highest BCUT2D eigenvalue weighted by molar-refractivity contribution is 5.60. The smallest absolute Gasteiger partial charge is 0.269 e. The van der Waals surface area contributed by atoms with Crippen molar-refractivity contribution < 1.29 is 24.4 Å². The molecule has 4 rings (SSSR count). The number of carbonyl (C=O) groups excluding carboxylic acids is 2. The monoisotopic (exact) mass is 580 g/mol. The molecule has 0 saturated carbocycles. The van der Waals surface area contributed by atoms with Crippen LogP contribution >= 0.6 is 0 Å². The number of carbonyl (C=O) groups is 2. The number of nitro groups is 3. The Labute approximate surface area is 242 Å². The Morgan fingerprint density at radius 2 is 1.07 bits per heavy atom. The molecule has 0 aliphatic heterocycles. The number of nitro benzene ring substituents is 3. The van der Waals surface area contributed by atoms with Gasteiger partial charge < -0.3 is 15.3 Å². The number of nitrogens with zero attached hydrogens (tertiary/aromatic N) is 4. The number of hydrogen-bond acceptors (Lipinski definition) is 10. The third-order valence-corrected chi connectivity index (χ3v) is 4.60. The molecule has 0 aliphatic rings. The molecule has 1 heterocycles. The van der Waals surface area contributed by atoms with Crippen LogP contribution < -0.4 is 5.73 Å². The van der Waals surface area contributed by atoms with Crippen LogP contribution in [0.1, 0.15) is 18.1 Å². The Hall–Kier alpha value is -5.89. The molecular formula is C28H32N6O8. The van der Waals surface area contributed by atoms with Crippen LogP contribution in [0.4, 0.5) is 17.1 Å². The van der Waals surface area contributed by atoms with E-state index in [1.807, 2.05) is 39.6 Å². The highest BCUT2D eigenvalue weighted by atomic mass is 16.6. The number of benzene rings is 3. The van der Waals surface area contributed by atoms with Gasteiger partial charge >= 0.3 is 0 Å². The van der Waals surface area contributed by atoms with Gasteiger partial charge in [-0.2, -0.15) is 5.10 Å². The van der Waals surface area contributed by atoms with Gasteiger partial charge in [-0.15, -0.1) is 0 Å². The summed E-state index contributed by atoms with van der Waals surface area (Å²) in [5.41, 5.74) is 8.60. The van der Waals surface area contributed by atoms with Crippen molar-refractivity contribution in [2.24, 2.45) is 5.73 Å². The zero-order valence-corrected chi connectivity index (χ0v) is 23.3.